The van der Waals surface area contributed by atoms with Crippen LogP contribution in [0.25, 0.3) is 0 Å². The number of hydrogen-bond donors (Lipinski definition) is 0. The van der Waals surface area contributed by atoms with Crippen LogP contribution >= 0.6 is 0 Å². The van der Waals surface area contributed by atoms with E-state index in [1.54, 1.807) is 43.3 Å². The lowest BCUT2D eigenvalue weighted by atomic mass is 10.1. The summed E-state index contributed by atoms with van der Waals surface area (Å²) in [5.74, 6) is -0.197. The predicted molar refractivity (Wildman–Crippen MR) is 89.5 cm³/mol. The molecule has 0 atom stereocenters. The number of ether oxygens (including phenoxy) is 2. The van der Waals surface area contributed by atoms with Gasteiger partial charge in [-0.1, -0.05) is 19.1 Å². The van der Waals surface area contributed by atoms with Gasteiger partial charge in [0.2, 0.25) is 0 Å². The number of ketones is 1. The average molecular weight is 343 g/mol. The number of rotatable bonds is 8. The Morgan fingerprint density at radius 3 is 2.40 bits per heavy atom. The number of nitrogens with zero attached hydrogens (tertiary/aromatic N) is 1. The highest BCUT2D eigenvalue weighted by molar-refractivity contribution is 5.95. The van der Waals surface area contributed by atoms with Gasteiger partial charge < -0.3 is 9.47 Å². The van der Waals surface area contributed by atoms with Crippen molar-refractivity contribution in [2.75, 3.05) is 6.61 Å². The van der Waals surface area contributed by atoms with Gasteiger partial charge in [-0.2, -0.15) is 0 Å². The lowest BCUT2D eigenvalue weighted by Gasteiger charge is -2.08. The van der Waals surface area contributed by atoms with E-state index in [-0.39, 0.29) is 24.7 Å². The summed E-state index contributed by atoms with van der Waals surface area (Å²) < 4.78 is 10.3. The van der Waals surface area contributed by atoms with E-state index in [9.17, 15) is 19.7 Å². The quantitative estimate of drug-likeness (QED) is 0.316. The predicted octanol–water partition coefficient (Wildman–Crippen LogP) is 3.31. The number of benzene rings is 2. The standard InChI is InChI=1S/C18H17NO6/c1-2-17(20)13-7-9-15(10-8-13)24-12-18(21)25-11-14-5-3-4-6-16(14)19(22)23/h3-10H,2,11-12H2,1H3. The van der Waals surface area contributed by atoms with Gasteiger partial charge in [0.25, 0.3) is 5.69 Å². The van der Waals surface area contributed by atoms with E-state index in [4.69, 9.17) is 9.47 Å². The van der Waals surface area contributed by atoms with Crippen LogP contribution in [0.4, 0.5) is 5.69 Å². The summed E-state index contributed by atoms with van der Waals surface area (Å²) in [4.78, 5) is 33.6. The lowest BCUT2D eigenvalue weighted by Crippen LogP contribution is -2.15. The molecule has 0 aliphatic heterocycles. The molecule has 0 amide bonds. The third-order valence-electron chi connectivity index (χ3n) is 3.43. The fourth-order valence-electron chi connectivity index (χ4n) is 2.09. The highest BCUT2D eigenvalue weighted by atomic mass is 16.6. The van der Waals surface area contributed by atoms with E-state index in [1.165, 1.54) is 12.1 Å². The van der Waals surface area contributed by atoms with Crippen molar-refractivity contribution in [3.8, 4) is 5.75 Å². The summed E-state index contributed by atoms with van der Waals surface area (Å²) in [6.45, 7) is 1.24. The van der Waals surface area contributed by atoms with Gasteiger partial charge in [0.15, 0.2) is 12.4 Å². The number of nitro benzene ring substituents is 1. The Bertz CT molecular complexity index is 769. The van der Waals surface area contributed by atoms with Crippen molar-refractivity contribution in [1.29, 1.82) is 0 Å². The fraction of sp³-hybridized carbons (Fsp3) is 0.222. The van der Waals surface area contributed by atoms with Gasteiger partial charge in [-0.15, -0.1) is 0 Å². The first kappa shape index (κ1) is 18.1. The molecule has 0 bridgehead atoms. The topological polar surface area (TPSA) is 95.7 Å². The zero-order chi connectivity index (χ0) is 18.2. The molecule has 0 N–H and O–H groups in total. The minimum atomic E-state index is -0.646. The molecule has 0 spiro atoms. The maximum absolute atomic E-state index is 11.7. The van der Waals surface area contributed by atoms with Crippen molar-refractivity contribution >= 4 is 17.4 Å². The number of carbonyl (C=O) groups excluding carboxylic acids is 2. The molecule has 0 saturated carbocycles. The first-order chi connectivity index (χ1) is 12.0. The van der Waals surface area contributed by atoms with Gasteiger partial charge in [0.1, 0.15) is 12.4 Å². The highest BCUT2D eigenvalue weighted by Crippen LogP contribution is 2.18. The highest BCUT2D eigenvalue weighted by Gasteiger charge is 2.14. The lowest BCUT2D eigenvalue weighted by molar-refractivity contribution is -0.385. The average Bonchev–Trinajstić information content (AvgIpc) is 2.64. The van der Waals surface area contributed by atoms with Crippen molar-refractivity contribution in [3.05, 3.63) is 69.8 Å². The number of para-hydroxylation sites is 1. The van der Waals surface area contributed by atoms with Gasteiger partial charge in [0.05, 0.1) is 10.5 Å². The maximum atomic E-state index is 11.7. The van der Waals surface area contributed by atoms with Gasteiger partial charge in [0, 0.05) is 18.1 Å². The Kier molecular flexibility index (Phi) is 6.22. The largest absolute Gasteiger partial charge is 0.482 e. The summed E-state index contributed by atoms with van der Waals surface area (Å²) in [5, 5.41) is 10.9. The van der Waals surface area contributed by atoms with Crippen LogP contribution in [0.2, 0.25) is 0 Å². The Morgan fingerprint density at radius 2 is 1.76 bits per heavy atom. The minimum Gasteiger partial charge on any atom is -0.482 e. The normalized spacial score (nSPS) is 10.1. The first-order valence-electron chi connectivity index (χ1n) is 7.65. The Balaban J connectivity index is 1.85. The van der Waals surface area contributed by atoms with Gasteiger partial charge >= 0.3 is 5.97 Å². The van der Waals surface area contributed by atoms with Crippen molar-refractivity contribution in [2.45, 2.75) is 20.0 Å². The third-order valence-corrected chi connectivity index (χ3v) is 3.43. The van der Waals surface area contributed by atoms with Crippen LogP contribution in [0.1, 0.15) is 29.3 Å². The third kappa shape index (κ3) is 5.13. The number of Topliss-reactive ketones (excluding diaryl/α,β-unsaturated/α-hetero) is 1. The molecule has 0 fully saturated rings. The van der Waals surface area contributed by atoms with Gasteiger partial charge in [-0.25, -0.2) is 4.79 Å². The van der Waals surface area contributed by atoms with E-state index in [2.05, 4.69) is 0 Å². The number of nitro groups is 1. The summed E-state index contributed by atoms with van der Waals surface area (Å²) in [6.07, 6.45) is 0.415. The summed E-state index contributed by atoms with van der Waals surface area (Å²) >= 11 is 0. The smallest absolute Gasteiger partial charge is 0.344 e. The van der Waals surface area contributed by atoms with Crippen LogP contribution in [0.15, 0.2) is 48.5 Å². The second-order valence-corrected chi connectivity index (χ2v) is 5.14. The van der Waals surface area contributed by atoms with Crippen molar-refractivity contribution in [3.63, 3.8) is 0 Å². The molecule has 130 valence electrons. The minimum absolute atomic E-state index is 0.0235. The molecule has 2 rings (SSSR count). The monoisotopic (exact) mass is 343 g/mol. The maximum Gasteiger partial charge on any atom is 0.344 e. The molecule has 25 heavy (non-hydrogen) atoms. The molecule has 0 saturated heterocycles. The zero-order valence-electron chi connectivity index (χ0n) is 13.6. The Hall–Kier alpha value is -3.22. The molecule has 2 aromatic rings. The van der Waals surface area contributed by atoms with Gasteiger partial charge in [-0.3, -0.25) is 14.9 Å². The molecular formula is C18H17NO6. The first-order valence-corrected chi connectivity index (χ1v) is 7.65. The molecular weight excluding hydrogens is 326 g/mol. The molecule has 7 nitrogen and oxygen atoms in total. The van der Waals surface area contributed by atoms with Crippen LogP contribution in [-0.2, 0) is 16.1 Å². The second kappa shape index (κ2) is 8.58. The van der Waals surface area contributed by atoms with E-state index in [1.807, 2.05) is 0 Å². The van der Waals surface area contributed by atoms with Crippen molar-refractivity contribution in [1.82, 2.24) is 0 Å². The summed E-state index contributed by atoms with van der Waals surface area (Å²) in [7, 11) is 0. The summed E-state index contributed by atoms with van der Waals surface area (Å²) in [5.41, 5.74) is 0.782. The van der Waals surface area contributed by atoms with Crippen molar-refractivity contribution in [2.24, 2.45) is 0 Å². The number of carbonyl (C=O) groups is 2. The Labute approximate surface area is 144 Å². The van der Waals surface area contributed by atoms with E-state index in [0.29, 0.717) is 23.3 Å². The van der Waals surface area contributed by atoms with E-state index in [0.717, 1.165) is 0 Å². The van der Waals surface area contributed by atoms with E-state index < -0.39 is 10.9 Å². The van der Waals surface area contributed by atoms with E-state index >= 15 is 0 Å². The van der Waals surface area contributed by atoms with Crippen LogP contribution in [0.3, 0.4) is 0 Å². The molecule has 0 aromatic heterocycles. The SMILES string of the molecule is CCC(=O)c1ccc(OCC(=O)OCc2ccccc2[N+](=O)[O-])cc1. The Morgan fingerprint density at radius 1 is 1.08 bits per heavy atom. The van der Waals surface area contributed by atoms with Crippen LogP contribution in [-0.4, -0.2) is 23.3 Å². The molecule has 0 heterocycles. The molecule has 0 radical (unpaired) electrons. The molecule has 7 heteroatoms. The van der Waals surface area contributed by atoms with Crippen LogP contribution in [0.5, 0.6) is 5.75 Å². The molecule has 0 aliphatic rings. The number of esters is 1. The van der Waals surface area contributed by atoms with Crippen molar-refractivity contribution < 1.29 is 24.0 Å². The molecule has 0 unspecified atom stereocenters. The van der Waals surface area contributed by atoms with Gasteiger partial charge in [-0.05, 0) is 30.3 Å². The van der Waals surface area contributed by atoms with Crippen LogP contribution < -0.4 is 4.74 Å². The van der Waals surface area contributed by atoms with Crippen LogP contribution in [0, 0.1) is 10.1 Å². The molecule has 2 aromatic carbocycles. The fourth-order valence-corrected chi connectivity index (χ4v) is 2.09. The summed E-state index contributed by atoms with van der Waals surface area (Å²) in [6, 6.07) is 12.5. The second-order valence-electron chi connectivity index (χ2n) is 5.14. The molecule has 0 aliphatic carbocycles. The zero-order valence-corrected chi connectivity index (χ0v) is 13.6. The number of hydrogen-bond acceptors (Lipinski definition) is 6.